The number of benzene rings is 3. The molecule has 0 bridgehead atoms. The van der Waals surface area contributed by atoms with Crippen LogP contribution in [0.1, 0.15) is 43.9 Å². The van der Waals surface area contributed by atoms with Crippen LogP contribution in [0.4, 0.5) is 5.69 Å². The first-order valence-corrected chi connectivity index (χ1v) is 14.8. The molecule has 40 heavy (non-hydrogen) atoms. The molecule has 0 radical (unpaired) electrons. The number of ether oxygens (including phenoxy) is 1. The van der Waals surface area contributed by atoms with Crippen molar-refractivity contribution in [2.24, 2.45) is 0 Å². The number of sulfonamides is 1. The molecule has 3 aromatic carbocycles. The van der Waals surface area contributed by atoms with Gasteiger partial charge in [0.05, 0.1) is 17.7 Å². The summed E-state index contributed by atoms with van der Waals surface area (Å²) in [5.41, 5.74) is 2.95. The van der Waals surface area contributed by atoms with Crippen molar-refractivity contribution in [3.8, 4) is 5.75 Å². The minimum Gasteiger partial charge on any atom is -0.495 e. The first-order chi connectivity index (χ1) is 19.0. The van der Waals surface area contributed by atoms with Crippen LogP contribution < -0.4 is 14.4 Å². The van der Waals surface area contributed by atoms with Crippen LogP contribution in [0.25, 0.3) is 0 Å². The predicted octanol–water partition coefficient (Wildman–Crippen LogP) is 4.84. The number of nitrogens with zero attached hydrogens (tertiary/aromatic N) is 2. The molecule has 2 amide bonds. The lowest BCUT2D eigenvalue weighted by atomic mass is 10.1. The van der Waals surface area contributed by atoms with E-state index in [2.05, 4.69) is 5.32 Å². The second-order valence-electron chi connectivity index (χ2n) is 10.1. The Balaban J connectivity index is 2.12. The molecule has 214 valence electrons. The number of nitrogens with one attached hydrogen (secondary N) is 1. The first kappa shape index (κ1) is 30.7. The molecular formula is C31H39N3O5S. The largest absolute Gasteiger partial charge is 0.495 e. The number of hydrogen-bond acceptors (Lipinski definition) is 5. The lowest BCUT2D eigenvalue weighted by Gasteiger charge is -2.34. The number of anilines is 1. The van der Waals surface area contributed by atoms with Crippen LogP contribution >= 0.6 is 0 Å². The van der Waals surface area contributed by atoms with Crippen LogP contribution in [0.3, 0.4) is 0 Å². The Bertz CT molecular complexity index is 1410. The smallest absolute Gasteiger partial charge is 0.264 e. The van der Waals surface area contributed by atoms with Crippen molar-refractivity contribution in [1.82, 2.24) is 10.2 Å². The van der Waals surface area contributed by atoms with Crippen molar-refractivity contribution in [3.05, 3.63) is 89.5 Å². The van der Waals surface area contributed by atoms with Gasteiger partial charge in [-0.15, -0.1) is 0 Å². The summed E-state index contributed by atoms with van der Waals surface area (Å²) in [6, 6.07) is 19.9. The summed E-state index contributed by atoms with van der Waals surface area (Å²) in [6.07, 6.45) is 0.357. The Morgan fingerprint density at radius 3 is 2.12 bits per heavy atom. The molecule has 0 heterocycles. The van der Waals surface area contributed by atoms with Crippen molar-refractivity contribution in [1.29, 1.82) is 0 Å². The molecule has 0 aliphatic rings. The predicted molar refractivity (Wildman–Crippen MR) is 158 cm³/mol. The maximum absolute atomic E-state index is 14.2. The zero-order valence-corrected chi connectivity index (χ0v) is 24.9. The summed E-state index contributed by atoms with van der Waals surface area (Å²) in [6.45, 7) is 8.98. The average Bonchev–Trinajstić information content (AvgIpc) is 2.92. The molecule has 1 atom stereocenters. The van der Waals surface area contributed by atoms with Gasteiger partial charge in [0.25, 0.3) is 10.0 Å². The van der Waals surface area contributed by atoms with E-state index in [1.807, 2.05) is 65.0 Å². The number of rotatable bonds is 12. The fraction of sp³-hybridized carbons (Fsp3) is 0.355. The molecule has 3 rings (SSSR count). The van der Waals surface area contributed by atoms with Gasteiger partial charge in [0.2, 0.25) is 11.8 Å². The molecule has 1 N–H and O–H groups in total. The van der Waals surface area contributed by atoms with Crippen molar-refractivity contribution in [2.45, 2.75) is 64.6 Å². The Morgan fingerprint density at radius 1 is 0.925 bits per heavy atom. The third-order valence-electron chi connectivity index (χ3n) is 6.50. The van der Waals surface area contributed by atoms with E-state index >= 15 is 0 Å². The highest BCUT2D eigenvalue weighted by Gasteiger charge is 2.34. The van der Waals surface area contributed by atoms with Gasteiger partial charge in [-0.1, -0.05) is 61.0 Å². The van der Waals surface area contributed by atoms with E-state index in [-0.39, 0.29) is 29.1 Å². The van der Waals surface area contributed by atoms with Crippen molar-refractivity contribution in [2.75, 3.05) is 18.0 Å². The summed E-state index contributed by atoms with van der Waals surface area (Å²) in [7, 11) is -2.72. The maximum atomic E-state index is 14.2. The highest BCUT2D eigenvalue weighted by atomic mass is 32.2. The molecule has 8 nitrogen and oxygen atoms in total. The molecule has 9 heteroatoms. The third-order valence-corrected chi connectivity index (χ3v) is 8.28. The van der Waals surface area contributed by atoms with Gasteiger partial charge in [-0.25, -0.2) is 8.42 Å². The number of carbonyl (C=O) groups is 2. The van der Waals surface area contributed by atoms with Crippen LogP contribution in [0.15, 0.2) is 77.7 Å². The van der Waals surface area contributed by atoms with E-state index in [1.165, 1.54) is 24.1 Å². The monoisotopic (exact) mass is 565 g/mol. The van der Waals surface area contributed by atoms with Crippen LogP contribution in [0.2, 0.25) is 0 Å². The highest BCUT2D eigenvalue weighted by molar-refractivity contribution is 7.92. The molecule has 0 spiro atoms. The van der Waals surface area contributed by atoms with Gasteiger partial charge >= 0.3 is 0 Å². The molecule has 0 fully saturated rings. The van der Waals surface area contributed by atoms with E-state index in [0.29, 0.717) is 12.2 Å². The molecule has 0 aliphatic heterocycles. The SMILES string of the molecule is CC[C@H](C(=O)NC(C)C)N(Cc1ccc(C)cc1)C(=O)CN(c1cc(C)ccc1OC)S(=O)(=O)c1ccccc1. The fourth-order valence-corrected chi connectivity index (χ4v) is 5.86. The summed E-state index contributed by atoms with van der Waals surface area (Å²) in [5, 5.41) is 2.91. The van der Waals surface area contributed by atoms with E-state index in [9.17, 15) is 18.0 Å². The normalized spacial score (nSPS) is 12.1. The summed E-state index contributed by atoms with van der Waals surface area (Å²) in [4.78, 5) is 28.9. The summed E-state index contributed by atoms with van der Waals surface area (Å²) in [5.74, 6) is -0.481. The lowest BCUT2D eigenvalue weighted by Crippen LogP contribution is -2.53. The standard InChI is InChI=1S/C31H39N3O5S/c1-7-27(31(36)32-22(2)3)33(20-25-16-13-23(4)14-17-25)30(35)21-34(28-19-24(5)15-18-29(28)39-6)40(37,38)26-11-9-8-10-12-26/h8-19,22,27H,7,20-21H2,1-6H3,(H,32,36)/t27-/m1/s1. The molecule has 0 aliphatic carbocycles. The molecule has 0 unspecified atom stereocenters. The van der Waals surface area contributed by atoms with Gasteiger partial charge in [0.15, 0.2) is 0 Å². The number of aryl methyl sites for hydroxylation is 2. The van der Waals surface area contributed by atoms with E-state index < -0.39 is 28.5 Å². The molecule has 0 aromatic heterocycles. The van der Waals surface area contributed by atoms with E-state index in [0.717, 1.165) is 21.0 Å². The Hall–Kier alpha value is -3.85. The molecule has 3 aromatic rings. The van der Waals surface area contributed by atoms with Crippen LogP contribution in [-0.4, -0.2) is 50.9 Å². The average molecular weight is 566 g/mol. The minimum absolute atomic E-state index is 0.0426. The second-order valence-corrected chi connectivity index (χ2v) is 12.0. The van der Waals surface area contributed by atoms with Gasteiger partial charge in [-0.2, -0.15) is 0 Å². The molecular weight excluding hydrogens is 526 g/mol. The lowest BCUT2D eigenvalue weighted by molar-refractivity contribution is -0.140. The minimum atomic E-state index is -4.18. The van der Waals surface area contributed by atoms with Crippen molar-refractivity contribution < 1.29 is 22.7 Å². The number of hydrogen-bond donors (Lipinski definition) is 1. The number of amides is 2. The second kappa shape index (κ2) is 13.5. The maximum Gasteiger partial charge on any atom is 0.264 e. The number of methoxy groups -OCH3 is 1. The van der Waals surface area contributed by atoms with Gasteiger partial charge in [0, 0.05) is 12.6 Å². The highest BCUT2D eigenvalue weighted by Crippen LogP contribution is 2.33. The molecule has 0 saturated carbocycles. The Morgan fingerprint density at radius 2 is 1.55 bits per heavy atom. The van der Waals surface area contributed by atoms with Crippen LogP contribution in [0.5, 0.6) is 5.75 Å². The zero-order valence-electron chi connectivity index (χ0n) is 24.0. The van der Waals surface area contributed by atoms with Crippen molar-refractivity contribution >= 4 is 27.5 Å². The van der Waals surface area contributed by atoms with E-state index in [4.69, 9.17) is 4.74 Å². The number of carbonyl (C=O) groups excluding carboxylic acids is 2. The zero-order chi connectivity index (χ0) is 29.4. The quantitative estimate of drug-likeness (QED) is 0.339. The first-order valence-electron chi connectivity index (χ1n) is 13.4. The van der Waals surface area contributed by atoms with Crippen molar-refractivity contribution in [3.63, 3.8) is 0 Å². The van der Waals surface area contributed by atoms with E-state index in [1.54, 1.807) is 30.3 Å². The van der Waals surface area contributed by atoms with Crippen LogP contribution in [-0.2, 0) is 26.2 Å². The Kier molecular flexibility index (Phi) is 10.3. The van der Waals surface area contributed by atoms with Gasteiger partial charge < -0.3 is 15.0 Å². The van der Waals surface area contributed by atoms with Gasteiger partial charge in [0.1, 0.15) is 18.3 Å². The topological polar surface area (TPSA) is 96.0 Å². The molecule has 0 saturated heterocycles. The Labute approximate surface area is 238 Å². The third kappa shape index (κ3) is 7.41. The summed E-state index contributed by atoms with van der Waals surface area (Å²) < 4.78 is 34.6. The van der Waals surface area contributed by atoms with Crippen LogP contribution in [0, 0.1) is 13.8 Å². The summed E-state index contributed by atoms with van der Waals surface area (Å²) >= 11 is 0. The van der Waals surface area contributed by atoms with Gasteiger partial charge in [-0.3, -0.25) is 13.9 Å². The van der Waals surface area contributed by atoms with Gasteiger partial charge in [-0.05, 0) is 69.5 Å². The fourth-order valence-electron chi connectivity index (χ4n) is 4.42.